The van der Waals surface area contributed by atoms with E-state index in [0.29, 0.717) is 5.56 Å². The Bertz CT molecular complexity index is 701. The molecule has 2 rings (SSSR count). The van der Waals surface area contributed by atoms with E-state index in [0.717, 1.165) is 28.6 Å². The lowest BCUT2D eigenvalue weighted by molar-refractivity contribution is 0.0437. The van der Waals surface area contributed by atoms with E-state index in [2.05, 4.69) is 4.98 Å². The molecule has 4 nitrogen and oxygen atoms in total. The van der Waals surface area contributed by atoms with Gasteiger partial charge in [0.25, 0.3) is 0 Å². The number of benzene rings is 1. The highest BCUT2D eigenvalue weighted by molar-refractivity contribution is 6.05. The van der Waals surface area contributed by atoms with E-state index >= 15 is 0 Å². The van der Waals surface area contributed by atoms with Crippen LogP contribution in [0.3, 0.4) is 0 Å². The van der Waals surface area contributed by atoms with E-state index in [4.69, 9.17) is 10.00 Å². The first-order chi connectivity index (χ1) is 9.58. The zero-order chi connectivity index (χ0) is 14.7. The molecule has 0 aliphatic heterocycles. The van der Waals surface area contributed by atoms with Gasteiger partial charge in [-0.1, -0.05) is 25.1 Å². The summed E-state index contributed by atoms with van der Waals surface area (Å²) >= 11 is 0. The maximum Gasteiger partial charge on any atom is 0.340 e. The monoisotopic (exact) mass is 268 g/mol. The fourth-order valence-electron chi connectivity index (χ4n) is 2.21. The van der Waals surface area contributed by atoms with Gasteiger partial charge in [0.15, 0.2) is 6.10 Å². The van der Waals surface area contributed by atoms with Crippen molar-refractivity contribution in [3.8, 4) is 6.07 Å². The molecule has 0 aliphatic rings. The summed E-state index contributed by atoms with van der Waals surface area (Å²) in [6.45, 7) is 5.42. The SMILES string of the molecule is CCc1nc2ccccc2c(C(=O)O[C@H](C)C#N)c1C. The molecule has 0 radical (unpaired) electrons. The Morgan fingerprint density at radius 1 is 1.45 bits per heavy atom. The van der Waals surface area contributed by atoms with Crippen LogP contribution in [0.15, 0.2) is 24.3 Å². The van der Waals surface area contributed by atoms with Gasteiger partial charge < -0.3 is 4.74 Å². The summed E-state index contributed by atoms with van der Waals surface area (Å²) in [6.07, 6.45) is -0.0241. The number of nitrogens with zero attached hydrogens (tertiary/aromatic N) is 2. The van der Waals surface area contributed by atoms with Crippen molar-refractivity contribution >= 4 is 16.9 Å². The fourth-order valence-corrected chi connectivity index (χ4v) is 2.21. The van der Waals surface area contributed by atoms with Crippen LogP contribution in [0.1, 0.15) is 35.5 Å². The summed E-state index contributed by atoms with van der Waals surface area (Å²) in [4.78, 5) is 16.9. The molecule has 20 heavy (non-hydrogen) atoms. The van der Waals surface area contributed by atoms with Crippen LogP contribution in [0.5, 0.6) is 0 Å². The number of nitriles is 1. The topological polar surface area (TPSA) is 63.0 Å². The fraction of sp³-hybridized carbons (Fsp3) is 0.312. The molecule has 2 aromatic rings. The molecule has 0 unspecified atom stereocenters. The van der Waals surface area contributed by atoms with E-state index in [1.807, 2.05) is 44.2 Å². The van der Waals surface area contributed by atoms with Gasteiger partial charge in [0.2, 0.25) is 0 Å². The standard InChI is InChI=1S/C16H16N2O2/c1-4-13-11(3)15(16(19)20-10(2)9-17)12-7-5-6-8-14(12)18-13/h5-8,10H,4H2,1-3H3/t10-/m1/s1. The van der Waals surface area contributed by atoms with Crippen molar-refractivity contribution in [3.05, 3.63) is 41.1 Å². The largest absolute Gasteiger partial charge is 0.444 e. The first-order valence-electron chi connectivity index (χ1n) is 6.57. The molecule has 4 heteroatoms. The van der Waals surface area contributed by atoms with Crippen LogP contribution in [0, 0.1) is 18.3 Å². The van der Waals surface area contributed by atoms with Crippen LogP contribution in [0.4, 0.5) is 0 Å². The highest BCUT2D eigenvalue weighted by atomic mass is 16.5. The first kappa shape index (κ1) is 14.0. The van der Waals surface area contributed by atoms with E-state index in [1.165, 1.54) is 0 Å². The Labute approximate surface area is 118 Å². The van der Waals surface area contributed by atoms with Crippen molar-refractivity contribution in [2.45, 2.75) is 33.3 Å². The summed E-state index contributed by atoms with van der Waals surface area (Å²) in [7, 11) is 0. The maximum atomic E-state index is 12.3. The molecule has 0 N–H and O–H groups in total. The van der Waals surface area contributed by atoms with Gasteiger partial charge in [0, 0.05) is 11.1 Å². The molecule has 0 saturated heterocycles. The lowest BCUT2D eigenvalue weighted by Crippen LogP contribution is -2.16. The number of hydrogen-bond acceptors (Lipinski definition) is 4. The Kier molecular flexibility index (Phi) is 3.99. The summed E-state index contributed by atoms with van der Waals surface area (Å²) in [5, 5.41) is 9.54. The predicted molar refractivity (Wildman–Crippen MR) is 76.3 cm³/mol. The van der Waals surface area contributed by atoms with Crippen LogP contribution in [0.2, 0.25) is 0 Å². The van der Waals surface area contributed by atoms with Gasteiger partial charge in [0.1, 0.15) is 6.07 Å². The number of aryl methyl sites for hydroxylation is 1. The predicted octanol–water partition coefficient (Wildman–Crippen LogP) is 3.17. The lowest BCUT2D eigenvalue weighted by Gasteiger charge is -2.13. The Morgan fingerprint density at radius 2 is 2.15 bits per heavy atom. The minimum atomic E-state index is -0.765. The van der Waals surface area contributed by atoms with Gasteiger partial charge in [-0.15, -0.1) is 0 Å². The normalized spacial score (nSPS) is 11.9. The number of carbonyl (C=O) groups excluding carboxylic acids is 1. The Balaban J connectivity index is 2.64. The van der Waals surface area contributed by atoms with Crippen LogP contribution in [-0.2, 0) is 11.2 Å². The molecule has 0 amide bonds. The molecule has 0 spiro atoms. The number of para-hydroxylation sites is 1. The average Bonchev–Trinajstić information content (AvgIpc) is 2.46. The molecular formula is C16H16N2O2. The molecule has 1 heterocycles. The first-order valence-corrected chi connectivity index (χ1v) is 6.57. The summed E-state index contributed by atoms with van der Waals surface area (Å²) in [5.41, 5.74) is 2.97. The second kappa shape index (κ2) is 5.70. The van der Waals surface area contributed by atoms with Crippen molar-refractivity contribution in [3.63, 3.8) is 0 Å². The molecule has 0 aliphatic carbocycles. The van der Waals surface area contributed by atoms with E-state index in [9.17, 15) is 4.79 Å². The Morgan fingerprint density at radius 3 is 2.80 bits per heavy atom. The van der Waals surface area contributed by atoms with Crippen molar-refractivity contribution < 1.29 is 9.53 Å². The summed E-state index contributed by atoms with van der Waals surface area (Å²) in [6, 6.07) is 9.37. The third-order valence-corrected chi connectivity index (χ3v) is 3.24. The molecule has 102 valence electrons. The number of hydrogen-bond donors (Lipinski definition) is 0. The summed E-state index contributed by atoms with van der Waals surface area (Å²) < 4.78 is 5.15. The van der Waals surface area contributed by atoms with Crippen LogP contribution in [-0.4, -0.2) is 17.1 Å². The number of carbonyl (C=O) groups is 1. The minimum Gasteiger partial charge on any atom is -0.444 e. The third-order valence-electron chi connectivity index (χ3n) is 3.24. The van der Waals surface area contributed by atoms with Crippen molar-refractivity contribution in [1.29, 1.82) is 5.26 Å². The van der Waals surface area contributed by atoms with Crippen LogP contribution in [0.25, 0.3) is 10.9 Å². The number of aromatic nitrogens is 1. The number of pyridine rings is 1. The van der Waals surface area contributed by atoms with E-state index in [-0.39, 0.29) is 0 Å². The number of ether oxygens (including phenoxy) is 1. The number of rotatable bonds is 3. The van der Waals surface area contributed by atoms with Gasteiger partial charge in [-0.25, -0.2) is 4.79 Å². The Hall–Kier alpha value is -2.41. The molecular weight excluding hydrogens is 252 g/mol. The zero-order valence-corrected chi connectivity index (χ0v) is 11.8. The molecule has 0 bridgehead atoms. The van der Waals surface area contributed by atoms with E-state index in [1.54, 1.807) is 6.92 Å². The van der Waals surface area contributed by atoms with Crippen molar-refractivity contribution in [2.24, 2.45) is 0 Å². The lowest BCUT2D eigenvalue weighted by atomic mass is 10.0. The molecule has 1 atom stereocenters. The minimum absolute atomic E-state index is 0.468. The maximum absolute atomic E-state index is 12.3. The highest BCUT2D eigenvalue weighted by Crippen LogP contribution is 2.24. The van der Waals surface area contributed by atoms with E-state index < -0.39 is 12.1 Å². The highest BCUT2D eigenvalue weighted by Gasteiger charge is 2.20. The molecule has 0 saturated carbocycles. The average molecular weight is 268 g/mol. The quantitative estimate of drug-likeness (QED) is 0.802. The number of fused-ring (bicyclic) bond motifs is 1. The molecule has 1 aromatic carbocycles. The van der Waals surface area contributed by atoms with Gasteiger partial charge in [-0.2, -0.15) is 5.26 Å². The van der Waals surface area contributed by atoms with Crippen molar-refractivity contribution in [1.82, 2.24) is 4.98 Å². The second-order valence-electron chi connectivity index (χ2n) is 4.61. The molecule has 0 fully saturated rings. The van der Waals surface area contributed by atoms with Gasteiger partial charge in [-0.3, -0.25) is 4.98 Å². The van der Waals surface area contributed by atoms with Crippen LogP contribution >= 0.6 is 0 Å². The smallest absolute Gasteiger partial charge is 0.340 e. The van der Waals surface area contributed by atoms with Gasteiger partial charge in [-0.05, 0) is 31.9 Å². The van der Waals surface area contributed by atoms with Gasteiger partial charge in [0.05, 0.1) is 11.1 Å². The molecule has 1 aromatic heterocycles. The third kappa shape index (κ3) is 2.48. The summed E-state index contributed by atoms with van der Waals surface area (Å²) in [5.74, 6) is -0.468. The number of esters is 1. The second-order valence-corrected chi connectivity index (χ2v) is 4.61. The van der Waals surface area contributed by atoms with Crippen molar-refractivity contribution in [2.75, 3.05) is 0 Å². The zero-order valence-electron chi connectivity index (χ0n) is 11.8. The van der Waals surface area contributed by atoms with Gasteiger partial charge >= 0.3 is 5.97 Å². The van der Waals surface area contributed by atoms with Crippen LogP contribution < -0.4 is 0 Å².